The first-order valence-corrected chi connectivity index (χ1v) is 7.27. The fourth-order valence-electron chi connectivity index (χ4n) is 1.11. The van der Waals surface area contributed by atoms with Crippen LogP contribution in [-0.4, -0.2) is 4.98 Å². The van der Waals surface area contributed by atoms with Gasteiger partial charge in [0.1, 0.15) is 4.34 Å². The van der Waals surface area contributed by atoms with Crippen LogP contribution in [0.4, 0.5) is 0 Å². The van der Waals surface area contributed by atoms with Crippen LogP contribution in [0.15, 0.2) is 28.7 Å². The summed E-state index contributed by atoms with van der Waals surface area (Å²) >= 11 is 20.9. The van der Waals surface area contributed by atoms with Crippen molar-refractivity contribution in [2.45, 2.75) is 10.1 Å². The number of rotatable bonds is 3. The third-order valence-corrected chi connectivity index (χ3v) is 4.86. The van der Waals surface area contributed by atoms with Crippen molar-refractivity contribution < 1.29 is 0 Å². The zero-order valence-corrected chi connectivity index (χ0v) is 11.8. The normalized spacial score (nSPS) is 10.7. The quantitative estimate of drug-likeness (QED) is 0.704. The topological polar surface area (TPSA) is 12.9 Å². The molecule has 6 heteroatoms. The number of hydrogen-bond acceptors (Lipinski definition) is 3. The van der Waals surface area contributed by atoms with Gasteiger partial charge >= 0.3 is 0 Å². The molecule has 1 aromatic carbocycles. The lowest BCUT2D eigenvalue weighted by Crippen LogP contribution is -1.84. The molecule has 84 valence electrons. The Balaban J connectivity index is 2.10. The van der Waals surface area contributed by atoms with Gasteiger partial charge in [-0.2, -0.15) is 0 Å². The molecule has 0 saturated carbocycles. The molecule has 1 heterocycles. The maximum atomic E-state index is 6.06. The molecule has 0 radical (unpaired) electrons. The molecule has 0 spiro atoms. The van der Waals surface area contributed by atoms with E-state index >= 15 is 0 Å². The van der Waals surface area contributed by atoms with Gasteiger partial charge in [0.2, 0.25) is 0 Å². The molecule has 0 unspecified atom stereocenters. The molecular formula is C10H6Cl3NS2. The van der Waals surface area contributed by atoms with Gasteiger partial charge in [-0.3, -0.25) is 0 Å². The van der Waals surface area contributed by atoms with Crippen molar-refractivity contribution in [3.8, 4) is 0 Å². The number of thioether (sulfide) groups is 1. The van der Waals surface area contributed by atoms with E-state index in [4.69, 9.17) is 34.8 Å². The maximum absolute atomic E-state index is 6.06. The van der Waals surface area contributed by atoms with Crippen molar-refractivity contribution >= 4 is 57.9 Å². The van der Waals surface area contributed by atoms with Gasteiger partial charge < -0.3 is 0 Å². The number of aromatic nitrogens is 1. The first-order valence-electron chi connectivity index (χ1n) is 4.34. The highest BCUT2D eigenvalue weighted by atomic mass is 35.5. The molecule has 2 aromatic rings. The van der Waals surface area contributed by atoms with Crippen LogP contribution < -0.4 is 0 Å². The van der Waals surface area contributed by atoms with E-state index < -0.39 is 0 Å². The Hall–Kier alpha value is 0.0700. The first-order chi connectivity index (χ1) is 7.66. The second-order valence-electron chi connectivity index (χ2n) is 2.92. The highest BCUT2D eigenvalue weighted by molar-refractivity contribution is 8.00. The molecule has 0 aliphatic heterocycles. The van der Waals surface area contributed by atoms with Crippen molar-refractivity contribution in [2.24, 2.45) is 0 Å². The highest BCUT2D eigenvalue weighted by Crippen LogP contribution is 2.34. The van der Waals surface area contributed by atoms with Gasteiger partial charge in [-0.25, -0.2) is 4.98 Å². The van der Waals surface area contributed by atoms with Crippen LogP contribution in [0.2, 0.25) is 14.4 Å². The fourth-order valence-corrected chi connectivity index (χ4v) is 3.97. The van der Waals surface area contributed by atoms with Crippen LogP contribution in [0, 0.1) is 0 Å². The Labute approximate surface area is 117 Å². The molecule has 0 bridgehead atoms. The summed E-state index contributed by atoms with van der Waals surface area (Å²) in [4.78, 5) is 4.15. The van der Waals surface area contributed by atoms with Gasteiger partial charge in [-0.15, -0.1) is 0 Å². The van der Waals surface area contributed by atoms with Crippen LogP contribution >= 0.6 is 57.9 Å². The minimum Gasteiger partial charge on any atom is -0.237 e. The Morgan fingerprint density at radius 1 is 1.19 bits per heavy atom. The third kappa shape index (κ3) is 3.05. The number of benzene rings is 1. The van der Waals surface area contributed by atoms with Crippen LogP contribution in [0.25, 0.3) is 0 Å². The molecule has 1 aromatic heterocycles. The van der Waals surface area contributed by atoms with Gasteiger partial charge in [0.15, 0.2) is 4.34 Å². The summed E-state index contributed by atoms with van der Waals surface area (Å²) < 4.78 is 1.61. The Bertz CT molecular complexity index is 478. The van der Waals surface area contributed by atoms with Crippen molar-refractivity contribution in [2.75, 3.05) is 0 Å². The summed E-state index contributed by atoms with van der Waals surface area (Å²) in [5.41, 5.74) is 0.933. The molecule has 0 amide bonds. The van der Waals surface area contributed by atoms with Gasteiger partial charge in [-0.1, -0.05) is 64.0 Å². The first kappa shape index (κ1) is 12.5. The average molecular weight is 311 g/mol. The molecule has 0 N–H and O–H groups in total. The van der Waals surface area contributed by atoms with E-state index in [1.54, 1.807) is 18.0 Å². The van der Waals surface area contributed by atoms with E-state index in [0.29, 0.717) is 20.1 Å². The van der Waals surface area contributed by atoms with E-state index in [-0.39, 0.29) is 0 Å². The molecule has 0 aliphatic rings. The van der Waals surface area contributed by atoms with Crippen LogP contribution in [0.5, 0.6) is 0 Å². The summed E-state index contributed by atoms with van der Waals surface area (Å²) in [6.45, 7) is 0. The number of halogens is 3. The lowest BCUT2D eigenvalue weighted by molar-refractivity contribution is 1.24. The second-order valence-corrected chi connectivity index (χ2v) is 6.62. The molecule has 0 fully saturated rings. The average Bonchev–Trinajstić information content (AvgIpc) is 2.63. The zero-order chi connectivity index (χ0) is 11.5. The van der Waals surface area contributed by atoms with Crippen LogP contribution in [-0.2, 0) is 5.75 Å². The van der Waals surface area contributed by atoms with Gasteiger partial charge in [0.05, 0.1) is 6.20 Å². The Kier molecular flexibility index (Phi) is 4.39. The number of thiazole rings is 1. The highest BCUT2D eigenvalue weighted by Gasteiger charge is 2.07. The zero-order valence-electron chi connectivity index (χ0n) is 7.91. The standard InChI is InChI=1S/C10H6Cl3NS2/c11-7-2-1-3-8(12)6(7)5-15-10-14-4-9(13)16-10/h1-4H,5H2. The van der Waals surface area contributed by atoms with Crippen molar-refractivity contribution in [1.82, 2.24) is 4.98 Å². The molecule has 0 saturated heterocycles. The fraction of sp³-hybridized carbons (Fsp3) is 0.100. The Morgan fingerprint density at radius 3 is 2.44 bits per heavy atom. The summed E-state index contributed by atoms with van der Waals surface area (Å²) in [6.07, 6.45) is 1.64. The van der Waals surface area contributed by atoms with E-state index in [9.17, 15) is 0 Å². The van der Waals surface area contributed by atoms with E-state index in [0.717, 1.165) is 9.90 Å². The molecule has 2 rings (SSSR count). The van der Waals surface area contributed by atoms with Gasteiger partial charge in [-0.05, 0) is 17.7 Å². The molecule has 0 atom stereocenters. The van der Waals surface area contributed by atoms with Crippen LogP contribution in [0.3, 0.4) is 0 Å². The van der Waals surface area contributed by atoms with Crippen molar-refractivity contribution in [3.63, 3.8) is 0 Å². The van der Waals surface area contributed by atoms with Crippen molar-refractivity contribution in [1.29, 1.82) is 0 Å². The Morgan fingerprint density at radius 2 is 1.88 bits per heavy atom. The monoisotopic (exact) mass is 309 g/mol. The smallest absolute Gasteiger partial charge is 0.151 e. The lowest BCUT2D eigenvalue weighted by atomic mass is 10.2. The molecular weight excluding hydrogens is 305 g/mol. The summed E-state index contributed by atoms with van der Waals surface area (Å²) in [7, 11) is 0. The summed E-state index contributed by atoms with van der Waals surface area (Å²) in [5.74, 6) is 0.697. The van der Waals surface area contributed by atoms with Gasteiger partial charge in [0.25, 0.3) is 0 Å². The number of nitrogens with zero attached hydrogens (tertiary/aromatic N) is 1. The SMILES string of the molecule is Clc1cnc(SCc2c(Cl)cccc2Cl)s1. The maximum Gasteiger partial charge on any atom is 0.151 e. The predicted octanol–water partition coefficient (Wildman–Crippen LogP) is 5.40. The molecule has 0 aliphatic carbocycles. The van der Waals surface area contributed by atoms with Crippen LogP contribution in [0.1, 0.15) is 5.56 Å². The van der Waals surface area contributed by atoms with Gasteiger partial charge in [0, 0.05) is 15.8 Å². The second kappa shape index (κ2) is 5.61. The summed E-state index contributed by atoms with van der Waals surface area (Å²) in [5, 5.41) is 1.37. The third-order valence-electron chi connectivity index (χ3n) is 1.86. The lowest BCUT2D eigenvalue weighted by Gasteiger charge is -2.04. The summed E-state index contributed by atoms with van der Waals surface area (Å²) in [6, 6.07) is 5.50. The van der Waals surface area contributed by atoms with Crippen molar-refractivity contribution in [3.05, 3.63) is 44.3 Å². The minimum atomic E-state index is 0.683. The minimum absolute atomic E-state index is 0.683. The van der Waals surface area contributed by atoms with E-state index in [1.807, 2.05) is 18.2 Å². The predicted molar refractivity (Wildman–Crippen MR) is 73.1 cm³/mol. The molecule has 16 heavy (non-hydrogen) atoms. The number of hydrogen-bond donors (Lipinski definition) is 0. The largest absolute Gasteiger partial charge is 0.237 e. The molecule has 1 nitrogen and oxygen atoms in total. The van der Waals surface area contributed by atoms with E-state index in [1.165, 1.54) is 11.3 Å². The van der Waals surface area contributed by atoms with E-state index in [2.05, 4.69) is 4.98 Å².